The van der Waals surface area contributed by atoms with Crippen LogP contribution in [0, 0.1) is 5.41 Å². The normalized spacial score (nSPS) is 19.2. The van der Waals surface area contributed by atoms with Crippen molar-refractivity contribution in [2.45, 2.75) is 32.2 Å². The molecule has 0 aromatic carbocycles. The van der Waals surface area contributed by atoms with Gasteiger partial charge in [-0.15, -0.1) is 35.3 Å². The van der Waals surface area contributed by atoms with Crippen molar-refractivity contribution in [3.05, 3.63) is 29.5 Å². The third-order valence-corrected chi connectivity index (χ3v) is 5.93. The van der Waals surface area contributed by atoms with Crippen LogP contribution in [0.1, 0.15) is 31.4 Å². The predicted molar refractivity (Wildman–Crippen MR) is 108 cm³/mol. The molecule has 5 nitrogen and oxygen atoms in total. The summed E-state index contributed by atoms with van der Waals surface area (Å²) in [7, 11) is 1.86. The van der Waals surface area contributed by atoms with E-state index in [9.17, 15) is 0 Å². The second-order valence-corrected chi connectivity index (χ2v) is 7.49. The van der Waals surface area contributed by atoms with Gasteiger partial charge in [-0.25, -0.2) is 4.98 Å². The van der Waals surface area contributed by atoms with Gasteiger partial charge >= 0.3 is 0 Å². The standard InChI is InChI=1S/C17H22N4OS.HI/c1-18-16(21-8-7-17(12-21)5-3-6-17)19-10-13-11-22-15(20-13)14-4-2-9-23-14;/h2,4,9,11H,3,5-8,10,12H2,1H3,(H,18,19);1H. The summed E-state index contributed by atoms with van der Waals surface area (Å²) in [5.74, 6) is 1.68. The van der Waals surface area contributed by atoms with E-state index in [4.69, 9.17) is 4.42 Å². The van der Waals surface area contributed by atoms with Gasteiger partial charge < -0.3 is 14.6 Å². The summed E-state index contributed by atoms with van der Waals surface area (Å²) in [5.41, 5.74) is 1.49. The molecular weight excluding hydrogens is 435 g/mol. The smallest absolute Gasteiger partial charge is 0.236 e. The summed E-state index contributed by atoms with van der Waals surface area (Å²) in [4.78, 5) is 12.4. The molecule has 1 aliphatic carbocycles. The summed E-state index contributed by atoms with van der Waals surface area (Å²) in [6.45, 7) is 2.90. The van der Waals surface area contributed by atoms with E-state index < -0.39 is 0 Å². The number of nitrogens with zero attached hydrogens (tertiary/aromatic N) is 3. The maximum Gasteiger partial charge on any atom is 0.236 e. The van der Waals surface area contributed by atoms with E-state index in [0.717, 1.165) is 29.6 Å². The molecular formula is C17H23IN4OS. The maximum atomic E-state index is 5.57. The number of likely N-dealkylation sites (tertiary alicyclic amines) is 1. The van der Waals surface area contributed by atoms with Crippen LogP contribution in [0.2, 0.25) is 0 Å². The van der Waals surface area contributed by atoms with Crippen LogP contribution in [0.4, 0.5) is 0 Å². The van der Waals surface area contributed by atoms with Gasteiger partial charge in [0, 0.05) is 20.1 Å². The summed E-state index contributed by atoms with van der Waals surface area (Å²) in [6, 6.07) is 4.03. The van der Waals surface area contributed by atoms with E-state index in [2.05, 4.69) is 20.2 Å². The maximum absolute atomic E-state index is 5.57. The molecule has 2 aliphatic rings. The molecule has 2 aromatic heterocycles. The molecule has 4 rings (SSSR count). The van der Waals surface area contributed by atoms with Crippen molar-refractivity contribution >= 4 is 41.3 Å². The number of aromatic nitrogens is 1. The molecule has 0 unspecified atom stereocenters. The van der Waals surface area contributed by atoms with Gasteiger partial charge in [0.1, 0.15) is 6.26 Å². The monoisotopic (exact) mass is 458 g/mol. The summed E-state index contributed by atoms with van der Waals surface area (Å²) in [6.07, 6.45) is 7.19. The zero-order valence-corrected chi connectivity index (χ0v) is 17.0. The molecule has 1 aliphatic heterocycles. The highest BCUT2D eigenvalue weighted by Crippen LogP contribution is 2.47. The molecule has 130 valence electrons. The van der Waals surface area contributed by atoms with Gasteiger partial charge in [0.25, 0.3) is 0 Å². The van der Waals surface area contributed by atoms with Crippen LogP contribution < -0.4 is 5.32 Å². The molecule has 0 bridgehead atoms. The van der Waals surface area contributed by atoms with E-state index in [-0.39, 0.29) is 24.0 Å². The van der Waals surface area contributed by atoms with Crippen LogP contribution in [0.15, 0.2) is 33.2 Å². The molecule has 3 heterocycles. The van der Waals surface area contributed by atoms with E-state index in [1.54, 1.807) is 17.6 Å². The van der Waals surface area contributed by atoms with Gasteiger partial charge in [-0.05, 0) is 36.1 Å². The highest BCUT2D eigenvalue weighted by Gasteiger charge is 2.43. The Bertz CT molecular complexity index is 693. The Morgan fingerprint density at radius 1 is 1.46 bits per heavy atom. The Morgan fingerprint density at radius 3 is 2.96 bits per heavy atom. The van der Waals surface area contributed by atoms with Gasteiger partial charge in [-0.1, -0.05) is 12.5 Å². The van der Waals surface area contributed by atoms with E-state index in [1.165, 1.54) is 25.7 Å². The van der Waals surface area contributed by atoms with Crippen LogP contribution in [-0.2, 0) is 6.54 Å². The van der Waals surface area contributed by atoms with E-state index in [0.29, 0.717) is 17.9 Å². The largest absolute Gasteiger partial charge is 0.443 e. The third kappa shape index (κ3) is 3.46. The highest BCUT2D eigenvalue weighted by molar-refractivity contribution is 14.0. The number of guanidine groups is 1. The van der Waals surface area contributed by atoms with Crippen molar-refractivity contribution in [2.24, 2.45) is 10.4 Å². The second kappa shape index (κ2) is 7.43. The SMILES string of the molecule is CN=C(NCc1coc(-c2cccs2)n1)N1CCC2(CCC2)C1.I. The lowest BCUT2D eigenvalue weighted by Crippen LogP contribution is -2.42. The molecule has 1 saturated heterocycles. The Hall–Kier alpha value is -1.09. The number of halogens is 1. The second-order valence-electron chi connectivity index (χ2n) is 6.55. The molecule has 2 aromatic rings. The minimum atomic E-state index is 0. The fourth-order valence-electron chi connectivity index (χ4n) is 3.60. The molecule has 1 N–H and O–H groups in total. The first-order chi connectivity index (χ1) is 11.3. The van der Waals surface area contributed by atoms with Gasteiger partial charge in [-0.2, -0.15) is 0 Å². The average Bonchev–Trinajstić information content (AvgIpc) is 3.27. The molecule has 1 saturated carbocycles. The van der Waals surface area contributed by atoms with Crippen molar-refractivity contribution in [1.82, 2.24) is 15.2 Å². The topological polar surface area (TPSA) is 53.7 Å². The Balaban J connectivity index is 0.00000169. The number of hydrogen-bond donors (Lipinski definition) is 1. The molecule has 1 spiro atoms. The van der Waals surface area contributed by atoms with Crippen LogP contribution in [0.5, 0.6) is 0 Å². The van der Waals surface area contributed by atoms with Crippen LogP contribution in [0.3, 0.4) is 0 Å². The number of aliphatic imine (C=N–C) groups is 1. The van der Waals surface area contributed by atoms with Gasteiger partial charge in [-0.3, -0.25) is 4.99 Å². The Kier molecular flexibility index (Phi) is 5.49. The molecule has 7 heteroatoms. The highest BCUT2D eigenvalue weighted by atomic mass is 127. The van der Waals surface area contributed by atoms with Crippen molar-refractivity contribution in [3.63, 3.8) is 0 Å². The first-order valence-electron chi connectivity index (χ1n) is 8.22. The van der Waals surface area contributed by atoms with Crippen molar-refractivity contribution in [1.29, 1.82) is 0 Å². The van der Waals surface area contributed by atoms with Gasteiger partial charge in [0.05, 0.1) is 17.1 Å². The fourth-order valence-corrected chi connectivity index (χ4v) is 4.26. The molecule has 2 fully saturated rings. The van der Waals surface area contributed by atoms with Gasteiger partial charge in [0.2, 0.25) is 5.89 Å². The zero-order valence-electron chi connectivity index (χ0n) is 13.8. The molecule has 0 amide bonds. The molecule has 0 radical (unpaired) electrons. The number of nitrogens with one attached hydrogen (secondary N) is 1. The number of thiophene rings is 1. The lowest BCUT2D eigenvalue weighted by molar-refractivity contribution is 0.151. The lowest BCUT2D eigenvalue weighted by Gasteiger charge is -2.38. The Morgan fingerprint density at radius 2 is 2.33 bits per heavy atom. The minimum Gasteiger partial charge on any atom is -0.443 e. The molecule has 24 heavy (non-hydrogen) atoms. The summed E-state index contributed by atoms with van der Waals surface area (Å²) < 4.78 is 5.57. The van der Waals surface area contributed by atoms with Gasteiger partial charge in [0.15, 0.2) is 5.96 Å². The number of rotatable bonds is 3. The van der Waals surface area contributed by atoms with Crippen LogP contribution in [-0.4, -0.2) is 36.0 Å². The first kappa shape index (κ1) is 17.7. The predicted octanol–water partition coefficient (Wildman–Crippen LogP) is 3.97. The van der Waals surface area contributed by atoms with Crippen molar-refractivity contribution in [3.8, 4) is 10.8 Å². The minimum absolute atomic E-state index is 0. The Labute approximate surface area is 163 Å². The van der Waals surface area contributed by atoms with Crippen LogP contribution in [0.25, 0.3) is 10.8 Å². The molecule has 0 atom stereocenters. The van der Waals surface area contributed by atoms with Crippen molar-refractivity contribution in [2.75, 3.05) is 20.1 Å². The van der Waals surface area contributed by atoms with Crippen LogP contribution >= 0.6 is 35.3 Å². The van der Waals surface area contributed by atoms with E-state index >= 15 is 0 Å². The van der Waals surface area contributed by atoms with E-state index in [1.807, 2.05) is 24.6 Å². The summed E-state index contributed by atoms with van der Waals surface area (Å²) >= 11 is 1.64. The zero-order chi connectivity index (χ0) is 15.7. The average molecular weight is 458 g/mol. The third-order valence-electron chi connectivity index (χ3n) is 5.08. The fraction of sp³-hybridized carbons (Fsp3) is 0.529. The number of oxazole rings is 1. The lowest BCUT2D eigenvalue weighted by atomic mass is 9.68. The first-order valence-corrected chi connectivity index (χ1v) is 9.10. The quantitative estimate of drug-likeness (QED) is 0.430. The van der Waals surface area contributed by atoms with Crippen molar-refractivity contribution < 1.29 is 4.42 Å². The summed E-state index contributed by atoms with van der Waals surface area (Å²) in [5, 5.41) is 5.46. The number of hydrogen-bond acceptors (Lipinski definition) is 4.